The van der Waals surface area contributed by atoms with E-state index in [1.807, 2.05) is 0 Å². The highest BCUT2D eigenvalue weighted by atomic mass is 35.5. The zero-order valence-corrected chi connectivity index (χ0v) is 15.9. The predicted molar refractivity (Wildman–Crippen MR) is 102 cm³/mol. The Morgan fingerprint density at radius 3 is 2.46 bits per heavy atom. The Balaban J connectivity index is 1.64. The van der Waals surface area contributed by atoms with Gasteiger partial charge in [-0.1, -0.05) is 34.4 Å². The van der Waals surface area contributed by atoms with Gasteiger partial charge in [-0.3, -0.25) is 14.4 Å². The van der Waals surface area contributed by atoms with Gasteiger partial charge < -0.3 is 9.57 Å². The van der Waals surface area contributed by atoms with Crippen molar-refractivity contribution in [1.82, 2.24) is 0 Å². The zero-order valence-electron chi connectivity index (χ0n) is 14.4. The van der Waals surface area contributed by atoms with E-state index in [2.05, 4.69) is 5.16 Å². The summed E-state index contributed by atoms with van der Waals surface area (Å²) in [5, 5.41) is 4.66. The summed E-state index contributed by atoms with van der Waals surface area (Å²) >= 11 is 12.1. The molecular formula is C19H12Cl2N2O5. The number of esters is 1. The van der Waals surface area contributed by atoms with Gasteiger partial charge in [0, 0.05) is 17.5 Å². The molecule has 4 rings (SSSR count). The van der Waals surface area contributed by atoms with Crippen molar-refractivity contribution in [3.63, 3.8) is 0 Å². The van der Waals surface area contributed by atoms with E-state index < -0.39 is 29.8 Å². The minimum atomic E-state index is -1.05. The van der Waals surface area contributed by atoms with Crippen LogP contribution in [0.3, 0.4) is 0 Å². The largest absolute Gasteiger partial charge is 0.427 e. The normalized spacial score (nSPS) is 20.7. The maximum absolute atomic E-state index is 13.0. The van der Waals surface area contributed by atoms with E-state index >= 15 is 0 Å². The SMILES string of the molecule is CC(=O)Oc1ccc(N2C(=O)C3ON=C(c4ccc(Cl)cc4Cl)C3C2=O)cc1. The zero-order chi connectivity index (χ0) is 20.0. The van der Waals surface area contributed by atoms with Crippen molar-refractivity contribution in [1.29, 1.82) is 0 Å². The van der Waals surface area contributed by atoms with E-state index in [-0.39, 0.29) is 5.71 Å². The van der Waals surface area contributed by atoms with Crippen molar-refractivity contribution in [3.8, 4) is 5.75 Å². The van der Waals surface area contributed by atoms with Crippen LogP contribution >= 0.6 is 23.2 Å². The number of fused-ring (bicyclic) bond motifs is 1. The maximum atomic E-state index is 13.0. The molecule has 0 N–H and O–H groups in total. The summed E-state index contributed by atoms with van der Waals surface area (Å²) < 4.78 is 4.96. The van der Waals surface area contributed by atoms with Crippen molar-refractivity contribution in [2.45, 2.75) is 13.0 Å². The molecule has 2 atom stereocenters. The highest BCUT2D eigenvalue weighted by molar-refractivity contribution is 6.39. The second-order valence-corrected chi connectivity index (χ2v) is 7.05. The van der Waals surface area contributed by atoms with Crippen LogP contribution in [-0.4, -0.2) is 29.6 Å². The number of rotatable bonds is 3. The monoisotopic (exact) mass is 418 g/mol. The molecule has 1 saturated heterocycles. The molecule has 2 heterocycles. The Bertz CT molecular complexity index is 1040. The van der Waals surface area contributed by atoms with Crippen molar-refractivity contribution in [2.24, 2.45) is 11.1 Å². The molecule has 0 bridgehead atoms. The number of benzene rings is 2. The number of oxime groups is 1. The smallest absolute Gasteiger partial charge is 0.308 e. The van der Waals surface area contributed by atoms with Crippen molar-refractivity contribution in [2.75, 3.05) is 4.90 Å². The third kappa shape index (κ3) is 3.02. The van der Waals surface area contributed by atoms with Gasteiger partial charge in [0.05, 0.1) is 10.7 Å². The highest BCUT2D eigenvalue weighted by Crippen LogP contribution is 2.37. The lowest BCUT2D eigenvalue weighted by atomic mass is 9.94. The maximum Gasteiger partial charge on any atom is 0.308 e. The second-order valence-electron chi connectivity index (χ2n) is 6.20. The summed E-state index contributed by atoms with van der Waals surface area (Å²) in [7, 11) is 0. The standard InChI is InChI=1S/C19H12Cl2N2O5/c1-9(24)27-12-5-3-11(4-6-12)23-18(25)15-16(22-28-17(15)19(23)26)13-7-2-10(20)8-14(13)21/h2-8,15,17H,1H3. The Morgan fingerprint density at radius 1 is 1.11 bits per heavy atom. The van der Waals surface area contributed by atoms with Gasteiger partial charge in [0.2, 0.25) is 12.0 Å². The van der Waals surface area contributed by atoms with Gasteiger partial charge in [0.25, 0.3) is 5.91 Å². The first-order chi connectivity index (χ1) is 13.4. The third-order valence-electron chi connectivity index (χ3n) is 4.38. The number of carbonyl (C=O) groups excluding carboxylic acids is 3. The summed E-state index contributed by atoms with van der Waals surface area (Å²) in [5.41, 5.74) is 1.10. The number of carbonyl (C=O) groups is 3. The molecule has 2 aromatic rings. The number of hydrogen-bond donors (Lipinski definition) is 0. The van der Waals surface area contributed by atoms with Gasteiger partial charge >= 0.3 is 5.97 Å². The number of hydrogen-bond acceptors (Lipinski definition) is 6. The quantitative estimate of drug-likeness (QED) is 0.433. The fraction of sp³-hybridized carbons (Fsp3) is 0.158. The second kappa shape index (κ2) is 6.92. The lowest BCUT2D eigenvalue weighted by Crippen LogP contribution is -2.33. The molecule has 0 aliphatic carbocycles. The van der Waals surface area contributed by atoms with Crippen LogP contribution in [0.5, 0.6) is 5.75 Å². The lowest BCUT2D eigenvalue weighted by molar-refractivity contribution is -0.132. The molecule has 2 unspecified atom stereocenters. The third-order valence-corrected chi connectivity index (χ3v) is 4.92. The van der Waals surface area contributed by atoms with Crippen molar-refractivity contribution >= 4 is 52.4 Å². The first kappa shape index (κ1) is 18.5. The van der Waals surface area contributed by atoms with Crippen LogP contribution in [-0.2, 0) is 19.2 Å². The molecule has 2 aromatic carbocycles. The molecule has 0 spiro atoms. The molecule has 9 heteroatoms. The summed E-state index contributed by atoms with van der Waals surface area (Å²) in [5.74, 6) is -2.07. The molecule has 0 aromatic heterocycles. The molecule has 0 radical (unpaired) electrons. The number of imide groups is 1. The minimum absolute atomic E-state index is 0.282. The fourth-order valence-electron chi connectivity index (χ4n) is 3.18. The number of amides is 2. The van der Waals surface area contributed by atoms with Gasteiger partial charge in [-0.15, -0.1) is 0 Å². The number of anilines is 1. The van der Waals surface area contributed by atoms with E-state index in [1.54, 1.807) is 12.1 Å². The average molecular weight is 419 g/mol. The minimum Gasteiger partial charge on any atom is -0.427 e. The first-order valence-electron chi connectivity index (χ1n) is 8.22. The molecular weight excluding hydrogens is 407 g/mol. The molecule has 28 heavy (non-hydrogen) atoms. The van der Waals surface area contributed by atoms with E-state index in [9.17, 15) is 14.4 Å². The topological polar surface area (TPSA) is 85.3 Å². The van der Waals surface area contributed by atoms with Crippen LogP contribution < -0.4 is 9.64 Å². The average Bonchev–Trinajstić information content (AvgIpc) is 3.16. The lowest BCUT2D eigenvalue weighted by Gasteiger charge is -2.16. The number of ether oxygens (including phenoxy) is 1. The van der Waals surface area contributed by atoms with E-state index in [1.165, 1.54) is 37.3 Å². The molecule has 1 fully saturated rings. The number of nitrogens with zero attached hydrogens (tertiary/aromatic N) is 2. The van der Waals surface area contributed by atoms with Crippen LogP contribution in [0, 0.1) is 5.92 Å². The number of halogens is 2. The highest BCUT2D eigenvalue weighted by Gasteiger charge is 2.56. The Kier molecular flexibility index (Phi) is 4.56. The Morgan fingerprint density at radius 2 is 1.82 bits per heavy atom. The van der Waals surface area contributed by atoms with Gasteiger partial charge in [0.15, 0.2) is 0 Å². The van der Waals surface area contributed by atoms with Crippen LogP contribution in [0.25, 0.3) is 0 Å². The van der Waals surface area contributed by atoms with Gasteiger partial charge in [-0.25, -0.2) is 4.90 Å². The van der Waals surface area contributed by atoms with Crippen LogP contribution in [0.2, 0.25) is 10.0 Å². The van der Waals surface area contributed by atoms with E-state index in [0.29, 0.717) is 27.0 Å². The van der Waals surface area contributed by atoms with Crippen LogP contribution in [0.15, 0.2) is 47.6 Å². The van der Waals surface area contributed by atoms with Crippen LogP contribution in [0.4, 0.5) is 5.69 Å². The van der Waals surface area contributed by atoms with E-state index in [4.69, 9.17) is 32.8 Å². The molecule has 2 amide bonds. The Hall–Kier alpha value is -2.90. The van der Waals surface area contributed by atoms with E-state index in [0.717, 1.165) is 4.90 Å². The van der Waals surface area contributed by atoms with Gasteiger partial charge in [-0.05, 0) is 36.4 Å². The predicted octanol–water partition coefficient (Wildman–Crippen LogP) is 3.21. The molecule has 142 valence electrons. The van der Waals surface area contributed by atoms with Gasteiger partial charge in [0.1, 0.15) is 17.4 Å². The molecule has 0 saturated carbocycles. The summed E-state index contributed by atoms with van der Waals surface area (Å²) in [6.07, 6.45) is -1.05. The summed E-state index contributed by atoms with van der Waals surface area (Å²) in [4.78, 5) is 43.1. The summed E-state index contributed by atoms with van der Waals surface area (Å²) in [6, 6.07) is 10.8. The molecule has 7 nitrogen and oxygen atoms in total. The van der Waals surface area contributed by atoms with Gasteiger partial charge in [-0.2, -0.15) is 0 Å². The molecule has 2 aliphatic heterocycles. The fourth-order valence-corrected chi connectivity index (χ4v) is 3.69. The summed E-state index contributed by atoms with van der Waals surface area (Å²) in [6.45, 7) is 1.28. The Labute approximate surface area is 169 Å². The molecule has 2 aliphatic rings. The first-order valence-corrected chi connectivity index (χ1v) is 8.98. The van der Waals surface area contributed by atoms with Crippen molar-refractivity contribution in [3.05, 3.63) is 58.1 Å². The van der Waals surface area contributed by atoms with Crippen LogP contribution in [0.1, 0.15) is 12.5 Å². The van der Waals surface area contributed by atoms with Crippen molar-refractivity contribution < 1.29 is 24.0 Å².